The number of hydrogen-bond acceptors (Lipinski definition) is 4. The number of aromatic nitrogens is 2. The molecule has 2 heterocycles. The van der Waals surface area contributed by atoms with Crippen LogP contribution in [0.3, 0.4) is 0 Å². The minimum Gasteiger partial charge on any atom is -0.428 e. The summed E-state index contributed by atoms with van der Waals surface area (Å²) in [5.41, 5.74) is 0.639. The summed E-state index contributed by atoms with van der Waals surface area (Å²) in [5.74, 6) is 0.345. The molecule has 2 aromatic rings. The van der Waals surface area contributed by atoms with Crippen molar-refractivity contribution in [3.63, 3.8) is 0 Å². The minimum absolute atomic E-state index is 0.0752. The number of carbonyl (C=O) groups is 1. The predicted octanol–water partition coefficient (Wildman–Crippen LogP) is 1.50. The lowest BCUT2D eigenvalue weighted by Gasteiger charge is -2.05. The lowest BCUT2D eigenvalue weighted by Crippen LogP contribution is -2.27. The maximum absolute atomic E-state index is 12.1. The van der Waals surface area contributed by atoms with Gasteiger partial charge in [0.05, 0.1) is 5.69 Å². The Bertz CT molecular complexity index is 691. The fourth-order valence-electron chi connectivity index (χ4n) is 2.34. The van der Waals surface area contributed by atoms with Crippen LogP contribution in [0.25, 0.3) is 0 Å². The molecule has 20 heavy (non-hydrogen) atoms. The van der Waals surface area contributed by atoms with Gasteiger partial charge in [0.2, 0.25) is 0 Å². The van der Waals surface area contributed by atoms with Crippen molar-refractivity contribution in [3.8, 4) is 0 Å². The van der Waals surface area contributed by atoms with Gasteiger partial charge in [0, 0.05) is 19.7 Å². The fraction of sp³-hybridized carbons (Fsp3) is 0.357. The molecule has 1 aliphatic rings. The van der Waals surface area contributed by atoms with Crippen LogP contribution in [-0.4, -0.2) is 15.5 Å². The van der Waals surface area contributed by atoms with E-state index in [0.717, 1.165) is 37.1 Å². The van der Waals surface area contributed by atoms with E-state index >= 15 is 0 Å². The van der Waals surface area contributed by atoms with E-state index in [1.165, 1.54) is 10.6 Å². The van der Waals surface area contributed by atoms with Gasteiger partial charge < -0.3 is 8.98 Å². The van der Waals surface area contributed by atoms with Crippen molar-refractivity contribution in [2.75, 3.05) is 5.32 Å². The number of aryl methyl sites for hydroxylation is 3. The third-order valence-corrected chi connectivity index (χ3v) is 3.43. The fourth-order valence-corrected chi connectivity index (χ4v) is 2.34. The first-order valence-corrected chi connectivity index (χ1v) is 6.61. The number of hydrogen-bond donors (Lipinski definition) is 1. The van der Waals surface area contributed by atoms with Crippen LogP contribution in [-0.2, 0) is 19.9 Å². The number of fused-ring (bicyclic) bond motifs is 1. The van der Waals surface area contributed by atoms with Crippen molar-refractivity contribution in [1.82, 2.24) is 9.55 Å². The molecule has 3 rings (SSSR count). The van der Waals surface area contributed by atoms with Gasteiger partial charge in [-0.05, 0) is 31.4 Å². The van der Waals surface area contributed by atoms with E-state index in [4.69, 9.17) is 4.42 Å². The van der Waals surface area contributed by atoms with Gasteiger partial charge in [0.25, 0.3) is 11.5 Å². The van der Waals surface area contributed by atoms with E-state index in [1.54, 1.807) is 19.3 Å². The van der Waals surface area contributed by atoms with Crippen LogP contribution in [0.5, 0.6) is 0 Å². The van der Waals surface area contributed by atoms with Crippen molar-refractivity contribution in [1.29, 1.82) is 0 Å². The zero-order chi connectivity index (χ0) is 14.1. The Morgan fingerprint density at radius 1 is 1.40 bits per heavy atom. The number of amides is 1. The molecule has 0 unspecified atom stereocenters. The summed E-state index contributed by atoms with van der Waals surface area (Å²) in [5, 5.41) is 2.55. The molecule has 0 saturated carbocycles. The van der Waals surface area contributed by atoms with Gasteiger partial charge in [0.1, 0.15) is 11.3 Å². The topological polar surface area (TPSA) is 77.1 Å². The first kappa shape index (κ1) is 12.7. The van der Waals surface area contributed by atoms with E-state index in [0.29, 0.717) is 0 Å². The van der Waals surface area contributed by atoms with E-state index in [1.807, 2.05) is 0 Å². The Hall–Kier alpha value is -2.37. The number of rotatable bonds is 2. The van der Waals surface area contributed by atoms with Crippen molar-refractivity contribution >= 4 is 11.9 Å². The van der Waals surface area contributed by atoms with Crippen molar-refractivity contribution in [2.45, 2.75) is 25.7 Å². The Kier molecular flexibility index (Phi) is 3.14. The van der Waals surface area contributed by atoms with E-state index in [2.05, 4.69) is 10.3 Å². The quantitative estimate of drug-likeness (QED) is 0.899. The molecule has 0 aromatic carbocycles. The molecule has 1 amide bonds. The zero-order valence-electron chi connectivity index (χ0n) is 11.2. The van der Waals surface area contributed by atoms with Gasteiger partial charge in [-0.1, -0.05) is 0 Å². The molecule has 2 aromatic heterocycles. The number of carbonyl (C=O) groups excluding carboxylic acids is 1. The largest absolute Gasteiger partial charge is 0.428 e. The highest BCUT2D eigenvalue weighted by Crippen LogP contribution is 2.23. The van der Waals surface area contributed by atoms with Crippen LogP contribution in [0, 0.1) is 0 Å². The number of oxazole rings is 1. The second-order valence-corrected chi connectivity index (χ2v) is 4.89. The molecule has 0 spiro atoms. The summed E-state index contributed by atoms with van der Waals surface area (Å²) < 4.78 is 6.87. The van der Waals surface area contributed by atoms with Gasteiger partial charge in [-0.15, -0.1) is 0 Å². The Morgan fingerprint density at radius 3 is 3.00 bits per heavy atom. The minimum atomic E-state index is -0.496. The molecule has 0 fully saturated rings. The Morgan fingerprint density at radius 2 is 2.20 bits per heavy atom. The number of pyridine rings is 1. The molecule has 0 aliphatic heterocycles. The molecule has 0 bridgehead atoms. The Balaban J connectivity index is 1.84. The smallest absolute Gasteiger partial charge is 0.302 e. The molecule has 6 nitrogen and oxygen atoms in total. The van der Waals surface area contributed by atoms with E-state index < -0.39 is 5.91 Å². The maximum atomic E-state index is 12.1. The third kappa shape index (κ3) is 2.24. The molecule has 6 heteroatoms. The van der Waals surface area contributed by atoms with Crippen LogP contribution in [0.4, 0.5) is 6.01 Å². The van der Waals surface area contributed by atoms with Crippen molar-refractivity contribution in [3.05, 3.63) is 45.7 Å². The second kappa shape index (κ2) is 4.96. The molecule has 1 aliphatic carbocycles. The van der Waals surface area contributed by atoms with E-state index in [9.17, 15) is 9.59 Å². The highest BCUT2D eigenvalue weighted by Gasteiger charge is 2.19. The Labute approximate surface area is 115 Å². The summed E-state index contributed by atoms with van der Waals surface area (Å²) in [6, 6.07) is 3.31. The third-order valence-electron chi connectivity index (χ3n) is 3.43. The first-order valence-electron chi connectivity index (χ1n) is 6.61. The molecular weight excluding hydrogens is 258 g/mol. The average Bonchev–Trinajstić information content (AvgIpc) is 2.83. The van der Waals surface area contributed by atoms with Gasteiger partial charge >= 0.3 is 6.01 Å². The van der Waals surface area contributed by atoms with Crippen LogP contribution in [0.2, 0.25) is 0 Å². The molecular formula is C14H15N3O3. The maximum Gasteiger partial charge on any atom is 0.302 e. The normalized spacial score (nSPS) is 13.8. The first-order chi connectivity index (χ1) is 9.65. The summed E-state index contributed by atoms with van der Waals surface area (Å²) in [6.07, 6.45) is 5.50. The van der Waals surface area contributed by atoms with Crippen LogP contribution in [0.1, 0.15) is 34.7 Å². The van der Waals surface area contributed by atoms with Gasteiger partial charge in [-0.3, -0.25) is 14.9 Å². The second-order valence-electron chi connectivity index (χ2n) is 4.89. The van der Waals surface area contributed by atoms with Gasteiger partial charge in [-0.25, -0.2) is 0 Å². The monoisotopic (exact) mass is 273 g/mol. The summed E-state index contributed by atoms with van der Waals surface area (Å²) in [4.78, 5) is 28.2. The molecule has 0 saturated heterocycles. The van der Waals surface area contributed by atoms with Crippen LogP contribution < -0.4 is 10.9 Å². The number of nitrogens with one attached hydrogen (secondary N) is 1. The summed E-state index contributed by atoms with van der Waals surface area (Å²) in [6.45, 7) is 0. The van der Waals surface area contributed by atoms with Gasteiger partial charge in [-0.2, -0.15) is 4.98 Å². The van der Waals surface area contributed by atoms with Gasteiger partial charge in [0.15, 0.2) is 0 Å². The number of anilines is 1. The summed E-state index contributed by atoms with van der Waals surface area (Å²) in [7, 11) is 1.60. The molecule has 0 radical (unpaired) electrons. The standard InChI is InChI=1S/C14H15N3O3/c1-17-8-4-5-9(13(17)19)12(18)16-14-15-10-6-2-3-7-11(10)20-14/h4-5,8H,2-3,6-7H2,1H3,(H,15,16,18). The average molecular weight is 273 g/mol. The molecule has 104 valence electrons. The van der Waals surface area contributed by atoms with Crippen LogP contribution in [0.15, 0.2) is 27.5 Å². The predicted molar refractivity (Wildman–Crippen MR) is 72.8 cm³/mol. The lowest BCUT2D eigenvalue weighted by atomic mass is 10.0. The number of nitrogens with zero attached hydrogens (tertiary/aromatic N) is 2. The molecule has 0 atom stereocenters. The van der Waals surface area contributed by atoms with Crippen molar-refractivity contribution < 1.29 is 9.21 Å². The van der Waals surface area contributed by atoms with Crippen LogP contribution >= 0.6 is 0 Å². The molecule has 1 N–H and O–H groups in total. The zero-order valence-corrected chi connectivity index (χ0v) is 11.2. The van der Waals surface area contributed by atoms with Crippen molar-refractivity contribution in [2.24, 2.45) is 7.05 Å². The lowest BCUT2D eigenvalue weighted by molar-refractivity contribution is 0.102. The highest BCUT2D eigenvalue weighted by molar-refractivity contribution is 6.02. The highest BCUT2D eigenvalue weighted by atomic mass is 16.4. The van der Waals surface area contributed by atoms with E-state index in [-0.39, 0.29) is 17.1 Å². The summed E-state index contributed by atoms with van der Waals surface area (Å²) >= 11 is 0. The SMILES string of the molecule is Cn1cccc(C(=O)Nc2nc3c(o2)CCCC3)c1=O.